The third kappa shape index (κ3) is 3.06. The fourth-order valence-corrected chi connectivity index (χ4v) is 4.18. The molecule has 1 aliphatic rings. The average molecular weight is 292 g/mol. The SMILES string of the molecule is COC(=O)[C@H]1C[C@H](C(C)C)[C@@H](Sc2ccccc2)C1=O. The van der Waals surface area contributed by atoms with E-state index in [9.17, 15) is 9.59 Å². The van der Waals surface area contributed by atoms with E-state index in [4.69, 9.17) is 4.74 Å². The summed E-state index contributed by atoms with van der Waals surface area (Å²) in [4.78, 5) is 25.3. The molecule has 4 heteroatoms. The van der Waals surface area contributed by atoms with Crippen LogP contribution in [0.2, 0.25) is 0 Å². The summed E-state index contributed by atoms with van der Waals surface area (Å²) < 4.78 is 4.76. The number of ether oxygens (including phenoxy) is 1. The smallest absolute Gasteiger partial charge is 0.316 e. The summed E-state index contributed by atoms with van der Waals surface area (Å²) in [7, 11) is 1.34. The summed E-state index contributed by atoms with van der Waals surface area (Å²) in [5, 5.41) is -0.151. The highest BCUT2D eigenvalue weighted by Crippen LogP contribution is 2.43. The third-order valence-corrected chi connectivity index (χ3v) is 5.25. The molecule has 108 valence electrons. The van der Waals surface area contributed by atoms with E-state index in [2.05, 4.69) is 13.8 Å². The third-order valence-electron chi connectivity index (χ3n) is 3.87. The predicted octanol–water partition coefficient (Wildman–Crippen LogP) is 3.18. The molecule has 0 heterocycles. The highest BCUT2D eigenvalue weighted by atomic mass is 32.2. The van der Waals surface area contributed by atoms with Crippen LogP contribution in [-0.4, -0.2) is 24.1 Å². The Balaban J connectivity index is 2.20. The van der Waals surface area contributed by atoms with Gasteiger partial charge in [0.1, 0.15) is 5.92 Å². The lowest BCUT2D eigenvalue weighted by Gasteiger charge is -2.21. The van der Waals surface area contributed by atoms with Gasteiger partial charge in [-0.3, -0.25) is 9.59 Å². The van der Waals surface area contributed by atoms with Crippen molar-refractivity contribution in [2.45, 2.75) is 30.4 Å². The van der Waals surface area contributed by atoms with Crippen molar-refractivity contribution in [3.8, 4) is 0 Å². The Morgan fingerprint density at radius 2 is 1.95 bits per heavy atom. The van der Waals surface area contributed by atoms with Crippen molar-refractivity contribution in [1.82, 2.24) is 0 Å². The van der Waals surface area contributed by atoms with Crippen LogP contribution in [0, 0.1) is 17.8 Å². The van der Waals surface area contributed by atoms with E-state index in [1.165, 1.54) is 7.11 Å². The van der Waals surface area contributed by atoms with Gasteiger partial charge in [0.05, 0.1) is 12.4 Å². The number of hydrogen-bond donors (Lipinski definition) is 0. The lowest BCUT2D eigenvalue weighted by atomic mass is 9.93. The fraction of sp³-hybridized carbons (Fsp3) is 0.500. The van der Waals surface area contributed by atoms with Crippen LogP contribution in [0.15, 0.2) is 35.2 Å². The molecule has 0 N–H and O–H groups in total. The Kier molecular flexibility index (Phi) is 4.86. The zero-order valence-electron chi connectivity index (χ0n) is 12.0. The number of Topliss-reactive ketones (excluding diaryl/α,β-unsaturated/α-hetero) is 1. The minimum Gasteiger partial charge on any atom is -0.468 e. The molecule has 1 fully saturated rings. The maximum absolute atomic E-state index is 12.5. The average Bonchev–Trinajstić information content (AvgIpc) is 2.77. The summed E-state index contributed by atoms with van der Waals surface area (Å²) in [6, 6.07) is 9.88. The maximum Gasteiger partial charge on any atom is 0.316 e. The second-order valence-electron chi connectivity index (χ2n) is 5.47. The lowest BCUT2D eigenvalue weighted by molar-refractivity contribution is -0.148. The van der Waals surface area contributed by atoms with Gasteiger partial charge in [0.25, 0.3) is 0 Å². The van der Waals surface area contributed by atoms with Gasteiger partial charge < -0.3 is 4.74 Å². The van der Waals surface area contributed by atoms with Gasteiger partial charge in [-0.2, -0.15) is 0 Å². The van der Waals surface area contributed by atoms with Crippen LogP contribution in [0.5, 0.6) is 0 Å². The fourth-order valence-electron chi connectivity index (χ4n) is 2.69. The first-order chi connectivity index (χ1) is 9.54. The van der Waals surface area contributed by atoms with E-state index in [0.717, 1.165) is 4.90 Å². The van der Waals surface area contributed by atoms with E-state index < -0.39 is 11.9 Å². The zero-order valence-corrected chi connectivity index (χ0v) is 12.9. The Hall–Kier alpha value is -1.29. The first-order valence-electron chi connectivity index (χ1n) is 6.88. The van der Waals surface area contributed by atoms with Crippen molar-refractivity contribution < 1.29 is 14.3 Å². The summed E-state index contributed by atoms with van der Waals surface area (Å²) in [5.74, 6) is -0.374. The Labute approximate surface area is 124 Å². The van der Waals surface area contributed by atoms with Gasteiger partial charge in [0.15, 0.2) is 5.78 Å². The normalized spacial score (nSPS) is 26.0. The Bertz CT molecular complexity index is 484. The molecule has 1 aliphatic carbocycles. The number of esters is 1. The van der Waals surface area contributed by atoms with Gasteiger partial charge >= 0.3 is 5.97 Å². The first-order valence-corrected chi connectivity index (χ1v) is 7.75. The minimum atomic E-state index is -0.589. The number of hydrogen-bond acceptors (Lipinski definition) is 4. The molecule has 0 radical (unpaired) electrons. The van der Waals surface area contributed by atoms with Crippen molar-refractivity contribution in [3.63, 3.8) is 0 Å². The van der Waals surface area contributed by atoms with Gasteiger partial charge in [-0.1, -0.05) is 32.0 Å². The van der Waals surface area contributed by atoms with Crippen LogP contribution in [0.25, 0.3) is 0 Å². The second-order valence-corrected chi connectivity index (χ2v) is 6.69. The Morgan fingerprint density at radius 1 is 1.30 bits per heavy atom. The number of benzene rings is 1. The molecule has 0 bridgehead atoms. The molecule has 2 rings (SSSR count). The summed E-state index contributed by atoms with van der Waals surface area (Å²) >= 11 is 1.57. The van der Waals surface area contributed by atoms with Gasteiger partial charge in [-0.25, -0.2) is 0 Å². The van der Waals surface area contributed by atoms with Gasteiger partial charge in [0, 0.05) is 4.90 Å². The number of carbonyl (C=O) groups is 2. The van der Waals surface area contributed by atoms with Crippen molar-refractivity contribution in [1.29, 1.82) is 0 Å². The standard InChI is InChI=1S/C16H20O3S/c1-10(2)12-9-13(16(18)19-3)14(17)15(12)20-11-7-5-4-6-8-11/h4-8,10,12-13,15H,9H2,1-3H3/t12-,13+,15-/m1/s1. The van der Waals surface area contributed by atoms with Crippen LogP contribution in [0.1, 0.15) is 20.3 Å². The zero-order chi connectivity index (χ0) is 14.7. The van der Waals surface area contributed by atoms with Crippen LogP contribution in [0.3, 0.4) is 0 Å². The Morgan fingerprint density at radius 3 is 2.50 bits per heavy atom. The molecular weight excluding hydrogens is 272 g/mol. The maximum atomic E-state index is 12.5. The van der Waals surface area contributed by atoms with Crippen LogP contribution < -0.4 is 0 Å². The van der Waals surface area contributed by atoms with E-state index >= 15 is 0 Å². The number of methoxy groups -OCH3 is 1. The van der Waals surface area contributed by atoms with E-state index in [-0.39, 0.29) is 17.0 Å². The quantitative estimate of drug-likeness (QED) is 0.631. The molecule has 0 aliphatic heterocycles. The van der Waals surface area contributed by atoms with Gasteiger partial charge in [0.2, 0.25) is 0 Å². The van der Waals surface area contributed by atoms with Gasteiger partial charge in [-0.15, -0.1) is 11.8 Å². The highest BCUT2D eigenvalue weighted by Gasteiger charge is 2.47. The monoisotopic (exact) mass is 292 g/mol. The summed E-state index contributed by atoms with van der Waals surface area (Å²) in [6.45, 7) is 4.21. The molecule has 0 spiro atoms. The van der Waals surface area contributed by atoms with Crippen molar-refractivity contribution in [2.75, 3.05) is 7.11 Å². The predicted molar refractivity (Wildman–Crippen MR) is 79.5 cm³/mol. The van der Waals surface area contributed by atoms with Crippen LogP contribution >= 0.6 is 11.8 Å². The topological polar surface area (TPSA) is 43.4 Å². The highest BCUT2D eigenvalue weighted by molar-refractivity contribution is 8.00. The molecule has 1 aromatic rings. The molecular formula is C16H20O3S. The number of carbonyl (C=O) groups excluding carboxylic acids is 2. The summed E-state index contributed by atoms with van der Waals surface area (Å²) in [6.07, 6.45) is 0.605. The molecule has 1 aromatic carbocycles. The molecule has 0 aromatic heterocycles. The van der Waals surface area contributed by atoms with Crippen molar-refractivity contribution in [2.24, 2.45) is 17.8 Å². The van der Waals surface area contributed by atoms with Crippen LogP contribution in [-0.2, 0) is 14.3 Å². The van der Waals surface area contributed by atoms with E-state index in [1.54, 1.807) is 11.8 Å². The number of rotatable bonds is 4. The first kappa shape index (κ1) is 15.1. The molecule has 3 nitrogen and oxygen atoms in total. The molecule has 0 amide bonds. The number of thioether (sulfide) groups is 1. The van der Waals surface area contributed by atoms with Crippen LogP contribution in [0.4, 0.5) is 0 Å². The second kappa shape index (κ2) is 6.44. The largest absolute Gasteiger partial charge is 0.468 e. The van der Waals surface area contributed by atoms with Crippen molar-refractivity contribution in [3.05, 3.63) is 30.3 Å². The molecule has 0 saturated heterocycles. The van der Waals surface area contributed by atoms with E-state index in [1.807, 2.05) is 30.3 Å². The van der Waals surface area contributed by atoms with E-state index in [0.29, 0.717) is 12.3 Å². The van der Waals surface area contributed by atoms with Gasteiger partial charge in [-0.05, 0) is 30.4 Å². The lowest BCUT2D eigenvalue weighted by Crippen LogP contribution is -2.26. The molecule has 3 atom stereocenters. The molecule has 20 heavy (non-hydrogen) atoms. The summed E-state index contributed by atoms with van der Waals surface area (Å²) in [5.41, 5.74) is 0. The molecule has 1 saturated carbocycles. The molecule has 0 unspecified atom stereocenters. The van der Waals surface area contributed by atoms with Crippen molar-refractivity contribution >= 4 is 23.5 Å². The minimum absolute atomic E-state index is 0.0180. The number of ketones is 1.